The van der Waals surface area contributed by atoms with Gasteiger partial charge in [-0.25, -0.2) is 4.98 Å². The zero-order valence-corrected chi connectivity index (χ0v) is 13.5. The Morgan fingerprint density at radius 1 is 1.42 bits per heavy atom. The molecule has 26 heavy (non-hydrogen) atoms. The van der Waals surface area contributed by atoms with Gasteiger partial charge in [0.15, 0.2) is 0 Å². The van der Waals surface area contributed by atoms with E-state index in [4.69, 9.17) is 0 Å². The molecule has 1 unspecified atom stereocenters. The number of carbonyl (C=O) groups is 1. The molecule has 1 aromatic heterocycles. The predicted molar refractivity (Wildman–Crippen MR) is 83.2 cm³/mol. The lowest BCUT2D eigenvalue weighted by Gasteiger charge is -2.29. The van der Waals surface area contributed by atoms with Gasteiger partial charge in [-0.3, -0.25) is 14.9 Å². The lowest BCUT2D eigenvalue weighted by Crippen LogP contribution is -2.46. The van der Waals surface area contributed by atoms with Crippen LogP contribution in [0.3, 0.4) is 0 Å². The minimum absolute atomic E-state index is 0.0771. The molecule has 1 heterocycles. The van der Waals surface area contributed by atoms with Gasteiger partial charge in [-0.1, -0.05) is 6.07 Å². The summed E-state index contributed by atoms with van der Waals surface area (Å²) in [4.78, 5) is 25.5. The number of aryl methyl sites for hydroxylation is 1. The van der Waals surface area contributed by atoms with Gasteiger partial charge < -0.3 is 15.0 Å². The largest absolute Gasteiger partial charge is 0.424 e. The summed E-state index contributed by atoms with van der Waals surface area (Å²) in [5.41, 5.74) is -3.65. The molecule has 2 N–H and O–H groups in total. The second kappa shape index (κ2) is 7.12. The number of carbonyl (C=O) groups excluding carboxylic acids is 1. The third kappa shape index (κ3) is 3.82. The number of nitro groups is 1. The average Bonchev–Trinajstić information content (AvgIpc) is 3.00. The second-order valence-electron chi connectivity index (χ2n) is 5.53. The van der Waals surface area contributed by atoms with Crippen LogP contribution in [0, 0.1) is 10.1 Å². The smallest absolute Gasteiger partial charge is 0.374 e. The maximum Gasteiger partial charge on any atom is 0.424 e. The van der Waals surface area contributed by atoms with Crippen LogP contribution in [-0.2, 0) is 12.6 Å². The Balaban J connectivity index is 2.11. The monoisotopic (exact) mass is 372 g/mol. The fourth-order valence-electron chi connectivity index (χ4n) is 2.36. The van der Waals surface area contributed by atoms with E-state index < -0.39 is 41.4 Å². The van der Waals surface area contributed by atoms with E-state index in [1.807, 2.05) is 0 Å². The minimum atomic E-state index is -5.01. The normalized spacial score (nSPS) is 13.9. The van der Waals surface area contributed by atoms with Crippen molar-refractivity contribution in [2.24, 2.45) is 7.05 Å². The number of amides is 1. The molecule has 0 saturated carbocycles. The molecule has 1 amide bonds. The van der Waals surface area contributed by atoms with Crippen LogP contribution in [0.25, 0.3) is 0 Å². The van der Waals surface area contributed by atoms with Gasteiger partial charge in [0.1, 0.15) is 5.82 Å². The Bertz CT molecular complexity index is 821. The zero-order valence-electron chi connectivity index (χ0n) is 13.5. The molecule has 1 atom stereocenters. The van der Waals surface area contributed by atoms with Gasteiger partial charge in [-0.05, 0) is 6.07 Å². The summed E-state index contributed by atoms with van der Waals surface area (Å²) < 4.78 is 41.1. The summed E-state index contributed by atoms with van der Waals surface area (Å²) in [7, 11) is 1.31. The van der Waals surface area contributed by atoms with Gasteiger partial charge in [-0.2, -0.15) is 13.2 Å². The van der Waals surface area contributed by atoms with Crippen molar-refractivity contribution in [3.63, 3.8) is 0 Å². The highest BCUT2D eigenvalue weighted by Crippen LogP contribution is 2.40. The van der Waals surface area contributed by atoms with Crippen molar-refractivity contribution in [3.8, 4) is 0 Å². The summed E-state index contributed by atoms with van der Waals surface area (Å²) in [6.07, 6.45) is -3.51. The number of aromatic nitrogens is 2. The molecule has 140 valence electrons. The summed E-state index contributed by atoms with van der Waals surface area (Å²) in [6, 6.07) is 4.76. The Morgan fingerprint density at radius 2 is 2.12 bits per heavy atom. The number of hydrogen-bond donors (Lipinski definition) is 2. The molecule has 0 fully saturated rings. The molecule has 0 aliphatic carbocycles. The number of imidazole rings is 1. The maximum absolute atomic E-state index is 13.3. The Morgan fingerprint density at radius 3 is 2.65 bits per heavy atom. The molecule has 2 aromatic rings. The van der Waals surface area contributed by atoms with Crippen LogP contribution < -0.4 is 5.32 Å². The topological polar surface area (TPSA) is 110 Å². The van der Waals surface area contributed by atoms with Crippen molar-refractivity contribution >= 4 is 11.6 Å². The van der Waals surface area contributed by atoms with Crippen LogP contribution in [0.4, 0.5) is 18.9 Å². The molecular formula is C15H15F3N4O4. The van der Waals surface area contributed by atoms with Gasteiger partial charge in [0.25, 0.3) is 11.6 Å². The first-order chi connectivity index (χ1) is 12.1. The third-order valence-corrected chi connectivity index (χ3v) is 3.75. The van der Waals surface area contributed by atoms with E-state index in [2.05, 4.69) is 10.3 Å². The van der Waals surface area contributed by atoms with E-state index in [0.29, 0.717) is 0 Å². The maximum atomic E-state index is 13.3. The van der Waals surface area contributed by atoms with Crippen molar-refractivity contribution < 1.29 is 28.0 Å². The standard InChI is InChI=1S/C15H15F3N4O4/c1-21-8-7-20-13(21)14(24,15(16,17)18)5-6-19-12(23)10-3-2-4-11(9-10)22(25)26/h2-4,7-9,24H,5-6H2,1H3,(H,19,23). The number of alkyl halides is 3. The van der Waals surface area contributed by atoms with Gasteiger partial charge >= 0.3 is 6.18 Å². The summed E-state index contributed by atoms with van der Waals surface area (Å²) in [5.74, 6) is -1.40. The Hall–Kier alpha value is -2.95. The van der Waals surface area contributed by atoms with Gasteiger partial charge in [-0.15, -0.1) is 0 Å². The van der Waals surface area contributed by atoms with E-state index in [9.17, 15) is 33.2 Å². The third-order valence-electron chi connectivity index (χ3n) is 3.75. The molecule has 8 nitrogen and oxygen atoms in total. The first-order valence-corrected chi connectivity index (χ1v) is 7.36. The van der Waals surface area contributed by atoms with Crippen molar-refractivity contribution in [1.29, 1.82) is 0 Å². The molecule has 0 aliphatic rings. The fraction of sp³-hybridized carbons (Fsp3) is 0.333. The summed E-state index contributed by atoms with van der Waals surface area (Å²) >= 11 is 0. The van der Waals surface area contributed by atoms with E-state index in [1.54, 1.807) is 0 Å². The minimum Gasteiger partial charge on any atom is -0.374 e. The molecule has 1 aromatic carbocycles. The predicted octanol–water partition coefficient (Wildman–Crippen LogP) is 1.90. The highest BCUT2D eigenvalue weighted by atomic mass is 19.4. The molecular weight excluding hydrogens is 357 g/mol. The van der Waals surface area contributed by atoms with Crippen molar-refractivity contribution in [1.82, 2.24) is 14.9 Å². The highest BCUT2D eigenvalue weighted by molar-refractivity contribution is 5.94. The van der Waals surface area contributed by atoms with E-state index in [0.717, 1.165) is 16.8 Å². The number of benzene rings is 1. The SMILES string of the molecule is Cn1ccnc1C(O)(CCNC(=O)c1cccc([N+](=O)[O-])c1)C(F)(F)F. The number of aliphatic hydroxyl groups is 1. The second-order valence-corrected chi connectivity index (χ2v) is 5.53. The molecule has 0 saturated heterocycles. The van der Waals surface area contributed by atoms with Crippen molar-refractivity contribution in [3.05, 3.63) is 58.2 Å². The number of rotatable bonds is 6. The first kappa shape index (κ1) is 19.4. The van der Waals surface area contributed by atoms with Crippen LogP contribution in [0.15, 0.2) is 36.7 Å². The zero-order chi connectivity index (χ0) is 19.5. The first-order valence-electron chi connectivity index (χ1n) is 7.36. The lowest BCUT2D eigenvalue weighted by molar-refractivity contribution is -0.384. The number of nitro benzene ring substituents is 1. The Kier molecular flexibility index (Phi) is 5.30. The molecule has 11 heteroatoms. The van der Waals surface area contributed by atoms with E-state index >= 15 is 0 Å². The van der Waals surface area contributed by atoms with Crippen LogP contribution in [0.2, 0.25) is 0 Å². The van der Waals surface area contributed by atoms with Gasteiger partial charge in [0.2, 0.25) is 5.60 Å². The molecule has 0 bridgehead atoms. The fourth-order valence-corrected chi connectivity index (χ4v) is 2.36. The quantitative estimate of drug-likeness (QED) is 0.594. The molecule has 0 spiro atoms. The van der Waals surface area contributed by atoms with E-state index in [1.165, 1.54) is 31.4 Å². The number of halogens is 3. The number of hydrogen-bond acceptors (Lipinski definition) is 5. The van der Waals surface area contributed by atoms with Crippen LogP contribution >= 0.6 is 0 Å². The number of nitrogens with zero attached hydrogens (tertiary/aromatic N) is 3. The van der Waals surface area contributed by atoms with Crippen molar-refractivity contribution in [2.75, 3.05) is 6.54 Å². The number of nitrogens with one attached hydrogen (secondary N) is 1. The lowest BCUT2D eigenvalue weighted by atomic mass is 9.97. The van der Waals surface area contributed by atoms with Gasteiger partial charge in [0, 0.05) is 50.1 Å². The summed E-state index contributed by atoms with van der Waals surface area (Å²) in [5, 5.41) is 23.1. The van der Waals surface area contributed by atoms with Crippen LogP contribution in [0.5, 0.6) is 0 Å². The van der Waals surface area contributed by atoms with Gasteiger partial charge in [0.05, 0.1) is 4.92 Å². The highest BCUT2D eigenvalue weighted by Gasteiger charge is 2.57. The molecule has 2 rings (SSSR count). The van der Waals surface area contributed by atoms with Crippen LogP contribution in [-0.4, -0.2) is 38.2 Å². The average molecular weight is 372 g/mol. The molecule has 0 radical (unpaired) electrons. The van der Waals surface area contributed by atoms with Crippen LogP contribution in [0.1, 0.15) is 22.6 Å². The molecule has 0 aliphatic heterocycles. The summed E-state index contributed by atoms with van der Waals surface area (Å²) in [6.45, 7) is -0.523. The van der Waals surface area contributed by atoms with E-state index in [-0.39, 0.29) is 11.3 Å². The number of non-ortho nitro benzene ring substituents is 1. The Labute approximate surface area is 145 Å². The van der Waals surface area contributed by atoms with Crippen molar-refractivity contribution in [2.45, 2.75) is 18.2 Å².